The van der Waals surface area contributed by atoms with Crippen LogP contribution in [0.1, 0.15) is 46.2 Å². The molecule has 0 saturated heterocycles. The van der Waals surface area contributed by atoms with Gasteiger partial charge in [-0.15, -0.1) is 46.4 Å². The van der Waals surface area contributed by atoms with Crippen LogP contribution in [0.5, 0.6) is 0 Å². The van der Waals surface area contributed by atoms with Gasteiger partial charge < -0.3 is 5.11 Å². The van der Waals surface area contributed by atoms with E-state index in [1.54, 1.807) is 52.0 Å². The standard InChI is InChI=1S/C13H20Cl2N3O4P.C9H11NO3.C4H8Cl4NOP.CH4/c1-13(2,11-3-5-12(6-4-11)18(19)20)22-23(16,21)17(9-7-14)10-8-15;1-9(2,11)7-3-5-8(6-4-7)10(12)13;5-1-3-9(4-2-6)11(7,8)10;/h3-6H,7-10H2,1-2H3,(H2,16,21);3-6,11H,1-2H3;1-4H2;1H4. The van der Waals surface area contributed by atoms with E-state index >= 15 is 0 Å². The lowest BCUT2D eigenvalue weighted by atomic mass is 9.98. The zero-order chi connectivity index (χ0) is 36.6. The van der Waals surface area contributed by atoms with Crippen LogP contribution in [0.3, 0.4) is 0 Å². The van der Waals surface area contributed by atoms with Crippen LogP contribution >= 0.6 is 82.6 Å². The lowest BCUT2D eigenvalue weighted by Crippen LogP contribution is -2.33. The highest BCUT2D eigenvalue weighted by Crippen LogP contribution is 2.59. The quantitative estimate of drug-likeness (QED) is 0.0711. The molecule has 13 nitrogen and oxygen atoms in total. The van der Waals surface area contributed by atoms with Crippen molar-refractivity contribution in [3.8, 4) is 0 Å². The van der Waals surface area contributed by atoms with E-state index in [4.69, 9.17) is 78.9 Å². The number of benzene rings is 2. The molecule has 0 aliphatic carbocycles. The third-order valence-electron chi connectivity index (χ3n) is 6.01. The van der Waals surface area contributed by atoms with E-state index < -0.39 is 34.7 Å². The number of hydrogen-bond donors (Lipinski definition) is 2. The predicted octanol–water partition coefficient (Wildman–Crippen LogP) is 9.50. The fraction of sp³-hybridized carbons (Fsp3) is 0.556. The molecule has 2 rings (SSSR count). The maximum Gasteiger partial charge on any atom is 0.341 e. The van der Waals surface area contributed by atoms with Crippen LogP contribution in [0, 0.1) is 20.2 Å². The minimum atomic E-state index is -3.62. The van der Waals surface area contributed by atoms with Crippen LogP contribution in [0.2, 0.25) is 0 Å². The molecule has 0 heterocycles. The molecule has 2 aromatic carbocycles. The summed E-state index contributed by atoms with van der Waals surface area (Å²) in [4.78, 5) is 20.1. The van der Waals surface area contributed by atoms with Gasteiger partial charge in [-0.05, 0) is 85.6 Å². The maximum atomic E-state index is 12.7. The van der Waals surface area contributed by atoms with Gasteiger partial charge in [0.2, 0.25) is 0 Å². The number of hydrogen-bond acceptors (Lipinski definition) is 8. The minimum absolute atomic E-state index is 0. The Balaban J connectivity index is 0. The summed E-state index contributed by atoms with van der Waals surface area (Å²) in [5, 5.41) is 30.6. The van der Waals surface area contributed by atoms with Crippen molar-refractivity contribution in [2.75, 3.05) is 49.7 Å². The fourth-order valence-corrected chi connectivity index (χ4v) is 8.03. The molecule has 0 aromatic heterocycles. The van der Waals surface area contributed by atoms with Crippen LogP contribution in [0.25, 0.3) is 0 Å². The van der Waals surface area contributed by atoms with Crippen molar-refractivity contribution in [1.82, 2.24) is 9.34 Å². The third-order valence-corrected chi connectivity index (χ3v) is 10.9. The maximum absolute atomic E-state index is 12.7. The van der Waals surface area contributed by atoms with Crippen LogP contribution < -0.4 is 5.50 Å². The number of nitrogens with two attached hydrogens (primary N) is 1. The Morgan fingerprint density at radius 3 is 1.31 bits per heavy atom. The first-order chi connectivity index (χ1) is 21.6. The highest BCUT2D eigenvalue weighted by Gasteiger charge is 2.35. The minimum Gasteiger partial charge on any atom is -0.386 e. The summed E-state index contributed by atoms with van der Waals surface area (Å²) < 4.78 is 32.2. The number of rotatable bonds is 16. The van der Waals surface area contributed by atoms with Gasteiger partial charge in [-0.3, -0.25) is 33.9 Å². The molecule has 0 bridgehead atoms. The molecule has 3 N–H and O–H groups in total. The Morgan fingerprint density at radius 2 is 1.04 bits per heavy atom. The average molecular weight is 840 g/mol. The molecule has 48 heavy (non-hydrogen) atoms. The van der Waals surface area contributed by atoms with Gasteiger partial charge in [-0.25, -0.2) is 14.8 Å². The monoisotopic (exact) mass is 837 g/mol. The summed E-state index contributed by atoms with van der Waals surface area (Å²) in [5.74, 6) is -2.06. The molecule has 0 saturated carbocycles. The molecule has 21 heteroatoms. The second-order valence-electron chi connectivity index (χ2n) is 10.4. The van der Waals surface area contributed by atoms with Gasteiger partial charge in [0.05, 0.1) is 21.0 Å². The molecule has 2 aromatic rings. The summed E-state index contributed by atoms with van der Waals surface area (Å²) in [6.07, 6.45) is 0. The van der Waals surface area contributed by atoms with Crippen LogP contribution in [-0.4, -0.2) is 74.0 Å². The van der Waals surface area contributed by atoms with Gasteiger partial charge in [0.15, 0.2) is 0 Å². The number of aliphatic hydroxyl groups is 1. The van der Waals surface area contributed by atoms with E-state index in [0.29, 0.717) is 36.0 Å². The van der Waals surface area contributed by atoms with Gasteiger partial charge in [0.1, 0.15) is 0 Å². The highest BCUT2D eigenvalue weighted by molar-refractivity contribution is 8.06. The summed E-state index contributed by atoms with van der Waals surface area (Å²) in [6.45, 7) is 7.97. The Labute approximate surface area is 311 Å². The number of nitro benzene ring substituents is 2. The molecular formula is C27H43Cl6N5O8P2. The first kappa shape index (κ1) is 49.4. The van der Waals surface area contributed by atoms with Gasteiger partial charge >= 0.3 is 13.7 Å². The Kier molecular flexibility index (Phi) is 23.6. The predicted molar refractivity (Wildman–Crippen MR) is 199 cm³/mol. The van der Waals surface area contributed by atoms with Gasteiger partial charge in [0.25, 0.3) is 11.4 Å². The Bertz CT molecular complexity index is 1340. The second-order valence-corrected chi connectivity index (χ2v) is 18.5. The fourth-order valence-electron chi connectivity index (χ4n) is 3.54. The Hall–Kier alpha value is -0.760. The lowest BCUT2D eigenvalue weighted by Gasteiger charge is -2.34. The topological polar surface area (TPSA) is 182 Å². The van der Waals surface area contributed by atoms with Crippen molar-refractivity contribution in [3.63, 3.8) is 0 Å². The number of alkyl halides is 4. The first-order valence-electron chi connectivity index (χ1n) is 13.6. The number of nitrogens with zero attached hydrogens (tertiary/aromatic N) is 4. The molecule has 0 radical (unpaired) electrons. The van der Waals surface area contributed by atoms with Crippen LogP contribution in [-0.2, 0) is 24.9 Å². The molecule has 0 aliphatic heterocycles. The Morgan fingerprint density at radius 1 is 0.729 bits per heavy atom. The van der Waals surface area contributed by atoms with Crippen LogP contribution in [0.15, 0.2) is 48.5 Å². The summed E-state index contributed by atoms with van der Waals surface area (Å²) >= 11 is 33.0. The van der Waals surface area contributed by atoms with Gasteiger partial charge in [0, 0.05) is 74.0 Å². The summed E-state index contributed by atoms with van der Waals surface area (Å²) in [6, 6.07) is 11.7. The van der Waals surface area contributed by atoms with Crippen molar-refractivity contribution in [3.05, 3.63) is 79.9 Å². The third kappa shape index (κ3) is 18.5. The van der Waals surface area contributed by atoms with E-state index in [2.05, 4.69) is 0 Å². The molecular weight excluding hydrogens is 797 g/mol. The molecule has 0 spiro atoms. The van der Waals surface area contributed by atoms with Crippen LogP contribution in [0.4, 0.5) is 11.4 Å². The molecule has 0 aliphatic rings. The largest absolute Gasteiger partial charge is 0.386 e. The molecule has 1 atom stereocenters. The van der Waals surface area contributed by atoms with Crippen molar-refractivity contribution in [1.29, 1.82) is 0 Å². The summed E-state index contributed by atoms with van der Waals surface area (Å²) in [7, 11) is -3.62. The molecule has 1 unspecified atom stereocenters. The van der Waals surface area contributed by atoms with E-state index in [-0.39, 0.29) is 43.7 Å². The molecule has 0 fully saturated rings. The van der Waals surface area contributed by atoms with E-state index in [0.717, 1.165) is 0 Å². The first-order valence-corrected chi connectivity index (χ1v) is 20.9. The van der Waals surface area contributed by atoms with Crippen molar-refractivity contribution >= 4 is 93.9 Å². The average Bonchev–Trinajstić information content (AvgIpc) is 2.96. The normalized spacial score (nSPS) is 13.0. The SMILES string of the molecule is C.CC(C)(O)c1ccc([N+](=O)[O-])cc1.CC(C)(OP(N)(=O)N(CCCl)CCCl)c1ccc([N+](=O)[O-])cc1.O=P(Cl)(Cl)N(CCCl)CCCl. The zero-order valence-electron chi connectivity index (χ0n) is 26.1. The van der Waals surface area contributed by atoms with Crippen molar-refractivity contribution < 1.29 is 28.6 Å². The molecule has 0 amide bonds. The van der Waals surface area contributed by atoms with Crippen molar-refractivity contribution in [2.45, 2.75) is 46.3 Å². The zero-order valence-corrected chi connectivity index (χ0v) is 32.4. The number of halogens is 6. The highest BCUT2D eigenvalue weighted by atomic mass is 35.9. The number of nitro groups is 2. The van der Waals surface area contributed by atoms with E-state index in [9.17, 15) is 34.5 Å². The summed E-state index contributed by atoms with van der Waals surface area (Å²) in [5.41, 5.74) is 5.20. The van der Waals surface area contributed by atoms with Gasteiger partial charge in [-0.2, -0.15) is 0 Å². The van der Waals surface area contributed by atoms with Gasteiger partial charge in [-0.1, -0.05) is 7.43 Å². The smallest absolute Gasteiger partial charge is 0.341 e. The number of non-ortho nitro benzene ring substituents is 2. The second kappa shape index (κ2) is 22.9. The van der Waals surface area contributed by atoms with E-state index in [1.165, 1.54) is 33.6 Å². The lowest BCUT2D eigenvalue weighted by molar-refractivity contribution is -0.385. The molecule has 276 valence electrons. The van der Waals surface area contributed by atoms with E-state index in [1.807, 2.05) is 0 Å². The van der Waals surface area contributed by atoms with Crippen molar-refractivity contribution in [2.24, 2.45) is 5.50 Å².